The maximum atomic E-state index is 13.7. The van der Waals surface area contributed by atoms with Crippen LogP contribution in [0.1, 0.15) is 57.7 Å². The van der Waals surface area contributed by atoms with Gasteiger partial charge >= 0.3 is 0 Å². The molecule has 2 fully saturated rings. The molecule has 2 saturated carbocycles. The molecule has 1 aromatic carbocycles. The number of sulfone groups is 1. The zero-order chi connectivity index (χ0) is 24.3. The molecular formula is C24H26FN3O5S. The largest absolute Gasteiger partial charge is 0.348 e. The highest BCUT2D eigenvalue weighted by molar-refractivity contribution is 7.94. The number of aryl methyl sites for hydroxylation is 1. The minimum Gasteiger partial charge on any atom is -0.348 e. The van der Waals surface area contributed by atoms with Crippen molar-refractivity contribution in [3.8, 4) is 0 Å². The van der Waals surface area contributed by atoms with Gasteiger partial charge in [-0.2, -0.15) is 0 Å². The van der Waals surface area contributed by atoms with Gasteiger partial charge in [-0.1, -0.05) is 12.1 Å². The Morgan fingerprint density at radius 1 is 1.15 bits per heavy atom. The third-order valence-electron chi connectivity index (χ3n) is 7.06. The van der Waals surface area contributed by atoms with Crippen molar-refractivity contribution in [1.82, 2.24) is 14.8 Å². The lowest BCUT2D eigenvalue weighted by Crippen LogP contribution is -2.50. The first kappa shape index (κ1) is 22.8. The van der Waals surface area contributed by atoms with E-state index in [4.69, 9.17) is 0 Å². The first-order valence-electron chi connectivity index (χ1n) is 11.4. The third-order valence-corrected chi connectivity index (χ3v) is 10.2. The summed E-state index contributed by atoms with van der Waals surface area (Å²) >= 11 is 0. The molecule has 0 atom stereocenters. The second kappa shape index (κ2) is 8.04. The molecule has 0 unspecified atom stereocenters. The van der Waals surface area contributed by atoms with Crippen molar-refractivity contribution < 1.29 is 22.4 Å². The number of rotatable bonds is 7. The van der Waals surface area contributed by atoms with Crippen molar-refractivity contribution >= 4 is 21.7 Å². The van der Waals surface area contributed by atoms with Crippen LogP contribution in [0.15, 0.2) is 35.1 Å². The molecule has 1 N–H and O–H groups in total. The number of carbonyl (C=O) groups excluding carboxylic acids is 2. The molecule has 0 bridgehead atoms. The molecule has 0 spiro atoms. The first-order valence-corrected chi connectivity index (χ1v) is 13.0. The fraction of sp³-hybridized carbons (Fsp3) is 0.458. The van der Waals surface area contributed by atoms with E-state index in [-0.39, 0.29) is 48.5 Å². The van der Waals surface area contributed by atoms with E-state index in [1.54, 1.807) is 19.1 Å². The summed E-state index contributed by atoms with van der Waals surface area (Å²) in [5, 5.41) is 2.35. The van der Waals surface area contributed by atoms with Gasteiger partial charge in [0.15, 0.2) is 9.84 Å². The van der Waals surface area contributed by atoms with Crippen LogP contribution in [-0.4, -0.2) is 52.8 Å². The maximum Gasteiger partial charge on any atom is 0.270 e. The van der Waals surface area contributed by atoms with Crippen molar-refractivity contribution in [2.24, 2.45) is 0 Å². The van der Waals surface area contributed by atoms with Gasteiger partial charge < -0.3 is 14.8 Å². The molecule has 1 aromatic heterocycles. The number of benzene rings is 1. The minimum absolute atomic E-state index is 0.0570. The number of fused-ring (bicyclic) bond motifs is 1. The number of nitrogens with zero attached hydrogens (tertiary/aromatic N) is 2. The zero-order valence-electron chi connectivity index (χ0n) is 18.8. The van der Waals surface area contributed by atoms with Crippen molar-refractivity contribution in [1.29, 1.82) is 0 Å². The molecule has 2 aliphatic carbocycles. The van der Waals surface area contributed by atoms with Crippen molar-refractivity contribution in [3.63, 3.8) is 0 Å². The molecule has 2 amide bonds. The molecule has 2 aromatic rings. The van der Waals surface area contributed by atoms with E-state index < -0.39 is 32.0 Å². The van der Waals surface area contributed by atoms with Crippen LogP contribution in [0.3, 0.4) is 0 Å². The van der Waals surface area contributed by atoms with Crippen LogP contribution in [0.4, 0.5) is 4.39 Å². The SMILES string of the molecule is Cc1ccc(CNC(=O)c2ccc3n(c2=O)CCN(CC2(S(=O)(=O)C4CC4)CC2)C3=O)cc1F. The molecule has 8 nitrogen and oxygen atoms in total. The summed E-state index contributed by atoms with van der Waals surface area (Å²) in [7, 11) is -3.25. The predicted octanol–water partition coefficient (Wildman–Crippen LogP) is 1.79. The summed E-state index contributed by atoms with van der Waals surface area (Å²) in [4.78, 5) is 40.2. The van der Waals surface area contributed by atoms with Gasteiger partial charge in [-0.05, 0) is 61.9 Å². The van der Waals surface area contributed by atoms with Gasteiger partial charge in [0.25, 0.3) is 17.4 Å². The number of hydrogen-bond acceptors (Lipinski definition) is 5. The molecule has 3 aliphatic rings. The van der Waals surface area contributed by atoms with Crippen LogP contribution >= 0.6 is 0 Å². The Labute approximate surface area is 196 Å². The number of amides is 2. The number of pyridine rings is 1. The molecule has 1 aliphatic heterocycles. The highest BCUT2D eigenvalue weighted by Gasteiger charge is 2.60. The van der Waals surface area contributed by atoms with Crippen LogP contribution in [-0.2, 0) is 22.9 Å². The van der Waals surface area contributed by atoms with Crippen LogP contribution < -0.4 is 10.9 Å². The second-order valence-electron chi connectivity index (χ2n) is 9.51. The first-order chi connectivity index (χ1) is 16.1. The summed E-state index contributed by atoms with van der Waals surface area (Å²) in [6, 6.07) is 7.39. The molecule has 10 heteroatoms. The molecule has 5 rings (SSSR count). The average Bonchev–Trinajstić information content (AvgIpc) is 3.71. The third kappa shape index (κ3) is 3.83. The predicted molar refractivity (Wildman–Crippen MR) is 123 cm³/mol. The number of carbonyl (C=O) groups is 2. The average molecular weight is 488 g/mol. The van der Waals surface area contributed by atoms with Crippen molar-refractivity contribution in [3.05, 3.63) is 68.9 Å². The minimum atomic E-state index is -3.25. The summed E-state index contributed by atoms with van der Waals surface area (Å²) in [6.07, 6.45) is 2.51. The van der Waals surface area contributed by atoms with Crippen LogP contribution in [0.25, 0.3) is 0 Å². The number of aromatic nitrogens is 1. The fourth-order valence-corrected chi connectivity index (χ4v) is 7.04. The van der Waals surface area contributed by atoms with E-state index in [1.807, 2.05) is 0 Å². The smallest absolute Gasteiger partial charge is 0.270 e. The molecule has 34 heavy (non-hydrogen) atoms. The lowest BCUT2D eigenvalue weighted by molar-refractivity contribution is 0.0695. The van der Waals surface area contributed by atoms with Crippen LogP contribution in [0, 0.1) is 12.7 Å². The topological polar surface area (TPSA) is 106 Å². The Balaban J connectivity index is 1.30. The Morgan fingerprint density at radius 3 is 2.53 bits per heavy atom. The van der Waals surface area contributed by atoms with Gasteiger partial charge in [0.2, 0.25) is 0 Å². The van der Waals surface area contributed by atoms with Crippen molar-refractivity contribution in [2.45, 2.75) is 55.7 Å². The summed E-state index contributed by atoms with van der Waals surface area (Å²) in [6.45, 7) is 2.24. The molecule has 0 radical (unpaired) electrons. The molecule has 180 valence electrons. The summed E-state index contributed by atoms with van der Waals surface area (Å²) in [5.41, 5.74) is 0.528. The Bertz CT molecular complexity index is 1360. The quantitative estimate of drug-likeness (QED) is 0.641. The van der Waals surface area contributed by atoms with Gasteiger partial charge in [0, 0.05) is 26.2 Å². The Kier molecular flexibility index (Phi) is 5.38. The maximum absolute atomic E-state index is 13.7. The van der Waals surface area contributed by atoms with E-state index >= 15 is 0 Å². The van der Waals surface area contributed by atoms with Gasteiger partial charge in [-0.3, -0.25) is 14.4 Å². The Hall–Kier alpha value is -3.01. The lowest BCUT2D eigenvalue weighted by Gasteiger charge is -2.32. The standard InChI is InChI=1S/C24H26FN3O5S/c1-15-2-3-16(12-19(15)25)13-26-21(29)18-6-7-20-23(31)27(10-11-28(20)22(18)30)14-24(8-9-24)34(32,33)17-4-5-17/h2-3,6-7,12,17H,4-5,8-11,13-14H2,1H3,(H,26,29). The van der Waals surface area contributed by atoms with Crippen molar-refractivity contribution in [2.75, 3.05) is 13.1 Å². The fourth-order valence-electron chi connectivity index (χ4n) is 4.57. The zero-order valence-corrected chi connectivity index (χ0v) is 19.7. The number of nitrogens with one attached hydrogen (secondary N) is 1. The van der Waals surface area contributed by atoms with E-state index in [0.29, 0.717) is 36.8 Å². The molecular weight excluding hydrogens is 461 g/mol. The van der Waals surface area contributed by atoms with Gasteiger partial charge in [-0.15, -0.1) is 0 Å². The normalized spacial score (nSPS) is 19.0. The highest BCUT2D eigenvalue weighted by atomic mass is 32.2. The highest BCUT2D eigenvalue weighted by Crippen LogP contribution is 2.50. The van der Waals surface area contributed by atoms with Gasteiger partial charge in [0.1, 0.15) is 17.1 Å². The van der Waals surface area contributed by atoms with E-state index in [0.717, 1.165) is 0 Å². The molecule has 0 saturated heterocycles. The summed E-state index contributed by atoms with van der Waals surface area (Å²) in [5.74, 6) is -1.38. The van der Waals surface area contributed by atoms with Gasteiger partial charge in [0.05, 0.1) is 10.00 Å². The summed E-state index contributed by atoms with van der Waals surface area (Å²) < 4.78 is 39.8. The number of hydrogen-bond donors (Lipinski definition) is 1. The van der Waals surface area contributed by atoms with E-state index in [2.05, 4.69) is 5.32 Å². The van der Waals surface area contributed by atoms with Crippen LogP contribution in [0.5, 0.6) is 0 Å². The Morgan fingerprint density at radius 2 is 1.88 bits per heavy atom. The second-order valence-corrected chi connectivity index (χ2v) is 12.1. The molecule has 2 heterocycles. The van der Waals surface area contributed by atoms with E-state index in [9.17, 15) is 27.2 Å². The van der Waals surface area contributed by atoms with Gasteiger partial charge in [-0.25, -0.2) is 12.8 Å². The van der Waals surface area contributed by atoms with Crippen LogP contribution in [0.2, 0.25) is 0 Å². The lowest BCUT2D eigenvalue weighted by atomic mass is 10.1. The number of halogens is 1. The van der Waals surface area contributed by atoms with E-state index in [1.165, 1.54) is 27.7 Å². The monoisotopic (exact) mass is 487 g/mol.